The molecule has 0 bridgehead atoms. The van der Waals surface area contributed by atoms with Crippen molar-refractivity contribution in [3.63, 3.8) is 0 Å². The van der Waals surface area contributed by atoms with Gasteiger partial charge in [-0.25, -0.2) is 4.79 Å². The summed E-state index contributed by atoms with van der Waals surface area (Å²) in [5.74, 6) is -2.37. The summed E-state index contributed by atoms with van der Waals surface area (Å²) in [5.41, 5.74) is 0.215. The summed E-state index contributed by atoms with van der Waals surface area (Å²) in [6, 6.07) is 4.18. The van der Waals surface area contributed by atoms with E-state index in [1.165, 1.54) is 31.4 Å². The van der Waals surface area contributed by atoms with E-state index in [0.29, 0.717) is 0 Å². The Kier molecular flexibility index (Phi) is 5.52. The molecule has 0 radical (unpaired) electrons. The molecule has 0 saturated carbocycles. The molecule has 1 aromatic carbocycles. The normalized spacial score (nSPS) is 11.4. The van der Waals surface area contributed by atoms with Gasteiger partial charge in [0.2, 0.25) is 0 Å². The second kappa shape index (κ2) is 7.13. The number of nitrogens with one attached hydrogen (secondary N) is 1. The molecule has 0 aliphatic rings. The minimum absolute atomic E-state index is 0.00188. The Morgan fingerprint density at radius 2 is 1.85 bits per heavy atom. The molecule has 3 N–H and O–H groups in total. The first-order valence-electron chi connectivity index (χ1n) is 5.83. The van der Waals surface area contributed by atoms with Crippen LogP contribution in [0.15, 0.2) is 24.3 Å². The van der Waals surface area contributed by atoms with Crippen molar-refractivity contribution in [2.45, 2.75) is 18.9 Å². The van der Waals surface area contributed by atoms with Crippen LogP contribution in [0.1, 0.15) is 23.2 Å². The smallest absolute Gasteiger partial charge is 0.326 e. The largest absolute Gasteiger partial charge is 0.508 e. The van der Waals surface area contributed by atoms with Gasteiger partial charge in [-0.05, 0) is 30.7 Å². The fraction of sp³-hybridized carbons (Fsp3) is 0.308. The van der Waals surface area contributed by atoms with Crippen molar-refractivity contribution < 1.29 is 29.3 Å². The summed E-state index contributed by atoms with van der Waals surface area (Å²) < 4.78 is 4.41. The molecule has 1 rings (SSSR count). The predicted octanol–water partition coefficient (Wildman–Crippen LogP) is 0.528. The number of carboxylic acids is 1. The number of amides is 1. The van der Waals surface area contributed by atoms with Crippen LogP contribution in [0.5, 0.6) is 5.75 Å². The number of ether oxygens (including phenoxy) is 1. The summed E-state index contributed by atoms with van der Waals surface area (Å²) in [7, 11) is 1.20. The number of esters is 1. The zero-order valence-corrected chi connectivity index (χ0v) is 10.8. The van der Waals surface area contributed by atoms with Crippen LogP contribution in [0.2, 0.25) is 0 Å². The van der Waals surface area contributed by atoms with Gasteiger partial charge in [0.1, 0.15) is 11.8 Å². The van der Waals surface area contributed by atoms with E-state index in [9.17, 15) is 14.4 Å². The number of benzene rings is 1. The molecule has 0 saturated heterocycles. The first-order valence-corrected chi connectivity index (χ1v) is 5.83. The Morgan fingerprint density at radius 1 is 1.25 bits per heavy atom. The fourth-order valence-electron chi connectivity index (χ4n) is 1.48. The van der Waals surface area contributed by atoms with E-state index >= 15 is 0 Å². The van der Waals surface area contributed by atoms with Crippen molar-refractivity contribution in [2.24, 2.45) is 0 Å². The second-order valence-electron chi connectivity index (χ2n) is 4.03. The summed E-state index contributed by atoms with van der Waals surface area (Å²) >= 11 is 0. The molecule has 1 atom stereocenters. The lowest BCUT2D eigenvalue weighted by Gasteiger charge is -2.13. The molecule has 0 unspecified atom stereocenters. The van der Waals surface area contributed by atoms with Crippen LogP contribution < -0.4 is 5.32 Å². The molecule has 1 amide bonds. The van der Waals surface area contributed by atoms with E-state index in [2.05, 4.69) is 10.1 Å². The molecular formula is C13H15NO6. The molecule has 20 heavy (non-hydrogen) atoms. The Balaban J connectivity index is 2.65. The second-order valence-corrected chi connectivity index (χ2v) is 4.03. The van der Waals surface area contributed by atoms with Crippen LogP contribution in [0.4, 0.5) is 0 Å². The molecular weight excluding hydrogens is 266 g/mol. The average molecular weight is 281 g/mol. The Bertz CT molecular complexity index is 496. The van der Waals surface area contributed by atoms with Crippen molar-refractivity contribution in [3.8, 4) is 5.75 Å². The maximum atomic E-state index is 11.8. The topological polar surface area (TPSA) is 113 Å². The van der Waals surface area contributed by atoms with Gasteiger partial charge in [-0.3, -0.25) is 9.59 Å². The number of rotatable bonds is 6. The standard InChI is InChI=1S/C13H15NO6/c1-20-11(16)7-6-10(13(18)19)14-12(17)8-2-4-9(15)5-3-8/h2-5,10,15H,6-7H2,1H3,(H,14,17)(H,18,19)/t10-/m0/s1. The molecule has 0 aromatic heterocycles. The van der Waals surface area contributed by atoms with Crippen molar-refractivity contribution in [1.29, 1.82) is 0 Å². The van der Waals surface area contributed by atoms with Crippen LogP contribution in [-0.2, 0) is 14.3 Å². The van der Waals surface area contributed by atoms with Gasteiger partial charge in [-0.2, -0.15) is 0 Å². The van der Waals surface area contributed by atoms with Gasteiger partial charge >= 0.3 is 11.9 Å². The highest BCUT2D eigenvalue weighted by Gasteiger charge is 2.21. The minimum Gasteiger partial charge on any atom is -0.508 e. The number of aliphatic carboxylic acids is 1. The number of phenolic OH excluding ortho intramolecular Hbond substituents is 1. The molecule has 1 aromatic rings. The molecule has 0 aliphatic carbocycles. The maximum Gasteiger partial charge on any atom is 0.326 e. The Hall–Kier alpha value is -2.57. The van der Waals surface area contributed by atoms with Gasteiger partial charge in [0.15, 0.2) is 0 Å². The highest BCUT2D eigenvalue weighted by molar-refractivity contribution is 5.96. The molecule has 0 spiro atoms. The lowest BCUT2D eigenvalue weighted by atomic mass is 10.1. The summed E-state index contributed by atoms with van der Waals surface area (Å²) in [6.07, 6.45) is -0.171. The summed E-state index contributed by atoms with van der Waals surface area (Å²) in [4.78, 5) is 33.8. The quantitative estimate of drug-likeness (QED) is 0.655. The van der Waals surface area contributed by atoms with E-state index in [4.69, 9.17) is 10.2 Å². The fourth-order valence-corrected chi connectivity index (χ4v) is 1.48. The number of carbonyl (C=O) groups is 3. The summed E-state index contributed by atoms with van der Waals surface area (Å²) in [5, 5.41) is 20.4. The van der Waals surface area contributed by atoms with Crippen LogP contribution in [0, 0.1) is 0 Å². The van der Waals surface area contributed by atoms with Gasteiger partial charge in [-0.15, -0.1) is 0 Å². The molecule has 7 nitrogen and oxygen atoms in total. The molecule has 0 heterocycles. The number of carbonyl (C=O) groups excluding carboxylic acids is 2. The third-order valence-corrected chi connectivity index (χ3v) is 2.60. The Labute approximate surface area is 115 Å². The highest BCUT2D eigenvalue weighted by Crippen LogP contribution is 2.10. The van der Waals surface area contributed by atoms with Crippen molar-refractivity contribution in [2.75, 3.05) is 7.11 Å². The number of phenols is 1. The number of hydrogen-bond donors (Lipinski definition) is 3. The minimum atomic E-state index is -1.24. The number of aromatic hydroxyl groups is 1. The maximum absolute atomic E-state index is 11.8. The number of carboxylic acid groups (broad SMARTS) is 1. The van der Waals surface area contributed by atoms with Gasteiger partial charge in [0, 0.05) is 12.0 Å². The van der Waals surface area contributed by atoms with E-state index < -0.39 is 23.9 Å². The van der Waals surface area contributed by atoms with Gasteiger partial charge in [-0.1, -0.05) is 0 Å². The van der Waals surface area contributed by atoms with Crippen LogP contribution in [0.25, 0.3) is 0 Å². The number of methoxy groups -OCH3 is 1. The zero-order valence-electron chi connectivity index (χ0n) is 10.8. The number of hydrogen-bond acceptors (Lipinski definition) is 5. The average Bonchev–Trinajstić information content (AvgIpc) is 2.43. The third kappa shape index (κ3) is 4.60. The third-order valence-electron chi connectivity index (χ3n) is 2.60. The SMILES string of the molecule is COC(=O)CC[C@H](NC(=O)c1ccc(O)cc1)C(=O)O. The highest BCUT2D eigenvalue weighted by atomic mass is 16.5. The zero-order chi connectivity index (χ0) is 15.1. The van der Waals surface area contributed by atoms with E-state index in [1.54, 1.807) is 0 Å². The van der Waals surface area contributed by atoms with Crippen LogP contribution in [-0.4, -0.2) is 41.2 Å². The lowest BCUT2D eigenvalue weighted by Crippen LogP contribution is -2.41. The monoisotopic (exact) mass is 281 g/mol. The summed E-state index contributed by atoms with van der Waals surface area (Å²) in [6.45, 7) is 0. The predicted molar refractivity (Wildman–Crippen MR) is 68.2 cm³/mol. The lowest BCUT2D eigenvalue weighted by molar-refractivity contribution is -0.142. The molecule has 0 fully saturated rings. The first kappa shape index (κ1) is 15.5. The van der Waals surface area contributed by atoms with Crippen molar-refractivity contribution in [3.05, 3.63) is 29.8 Å². The first-order chi connectivity index (χ1) is 9.43. The Morgan fingerprint density at radius 3 is 2.35 bits per heavy atom. The van der Waals surface area contributed by atoms with E-state index in [-0.39, 0.29) is 24.2 Å². The van der Waals surface area contributed by atoms with E-state index in [1.807, 2.05) is 0 Å². The van der Waals surface area contributed by atoms with Gasteiger partial charge in [0.25, 0.3) is 5.91 Å². The van der Waals surface area contributed by atoms with Crippen molar-refractivity contribution in [1.82, 2.24) is 5.32 Å². The van der Waals surface area contributed by atoms with Crippen LogP contribution in [0.3, 0.4) is 0 Å². The molecule has 0 aliphatic heterocycles. The van der Waals surface area contributed by atoms with Gasteiger partial charge in [0.05, 0.1) is 7.11 Å². The van der Waals surface area contributed by atoms with Crippen molar-refractivity contribution >= 4 is 17.8 Å². The molecule has 108 valence electrons. The van der Waals surface area contributed by atoms with E-state index in [0.717, 1.165) is 0 Å². The van der Waals surface area contributed by atoms with Gasteiger partial charge < -0.3 is 20.3 Å². The van der Waals surface area contributed by atoms with Crippen LogP contribution >= 0.6 is 0 Å². The molecule has 7 heteroatoms.